The third-order valence-corrected chi connectivity index (χ3v) is 2.39. The number of ether oxygens (including phenoxy) is 1. The van der Waals surface area contributed by atoms with Crippen molar-refractivity contribution in [3.8, 4) is 0 Å². The molecule has 8 heteroatoms. The number of hydrogen-bond acceptors (Lipinski definition) is 3. The van der Waals surface area contributed by atoms with Gasteiger partial charge in [-0.15, -0.1) is 0 Å². The van der Waals surface area contributed by atoms with Crippen molar-refractivity contribution < 1.29 is 22.7 Å². The molecule has 0 aromatic heterocycles. The molecule has 19 heavy (non-hydrogen) atoms. The van der Waals surface area contributed by atoms with Crippen LogP contribution >= 0.6 is 0 Å². The van der Waals surface area contributed by atoms with Gasteiger partial charge in [0.1, 0.15) is 5.82 Å². The number of nitrogens with zero attached hydrogens (tertiary/aromatic N) is 3. The van der Waals surface area contributed by atoms with Gasteiger partial charge < -0.3 is 4.74 Å². The summed E-state index contributed by atoms with van der Waals surface area (Å²) in [5.41, 5.74) is 8.17. The van der Waals surface area contributed by atoms with Crippen molar-refractivity contribution in [1.82, 2.24) is 0 Å². The first-order valence-corrected chi connectivity index (χ1v) is 5.22. The van der Waals surface area contributed by atoms with Gasteiger partial charge in [0.05, 0.1) is 19.6 Å². The minimum absolute atomic E-state index is 0.180. The molecular formula is C11H10F3N3O2. The predicted molar refractivity (Wildman–Crippen MR) is 59.6 cm³/mol. The minimum Gasteiger partial charge on any atom is -0.469 e. The normalized spacial score (nSPS) is 11.6. The molecule has 0 unspecified atom stereocenters. The first-order valence-electron chi connectivity index (χ1n) is 5.22. The Kier molecular flexibility index (Phi) is 5.20. The van der Waals surface area contributed by atoms with E-state index in [0.717, 1.165) is 7.11 Å². The maximum Gasteiger partial charge on any atom is 0.305 e. The molecule has 0 aliphatic carbocycles. The van der Waals surface area contributed by atoms with Crippen molar-refractivity contribution in [3.63, 3.8) is 0 Å². The average molecular weight is 273 g/mol. The van der Waals surface area contributed by atoms with Crippen molar-refractivity contribution in [2.75, 3.05) is 7.11 Å². The van der Waals surface area contributed by atoms with Gasteiger partial charge in [0.25, 0.3) is 0 Å². The summed E-state index contributed by atoms with van der Waals surface area (Å²) < 4.78 is 43.5. The van der Waals surface area contributed by atoms with E-state index in [1.54, 1.807) is 0 Å². The molecule has 0 saturated heterocycles. The summed E-state index contributed by atoms with van der Waals surface area (Å²) in [5.74, 6) is -4.15. The van der Waals surface area contributed by atoms with Gasteiger partial charge in [0.15, 0.2) is 11.6 Å². The highest BCUT2D eigenvalue weighted by molar-refractivity contribution is 5.70. The van der Waals surface area contributed by atoms with Gasteiger partial charge in [-0.2, -0.15) is 0 Å². The number of hydrogen-bond donors (Lipinski definition) is 0. The van der Waals surface area contributed by atoms with Gasteiger partial charge in [-0.1, -0.05) is 5.11 Å². The lowest BCUT2D eigenvalue weighted by Gasteiger charge is -2.10. The van der Waals surface area contributed by atoms with Crippen LogP contribution in [0.5, 0.6) is 0 Å². The van der Waals surface area contributed by atoms with Gasteiger partial charge in [0.2, 0.25) is 0 Å². The van der Waals surface area contributed by atoms with Crippen LogP contribution in [0.15, 0.2) is 17.2 Å². The highest BCUT2D eigenvalue weighted by Gasteiger charge is 2.17. The molecule has 0 aliphatic heterocycles. The third kappa shape index (κ3) is 4.18. The van der Waals surface area contributed by atoms with Crippen molar-refractivity contribution in [2.24, 2.45) is 5.11 Å². The monoisotopic (exact) mass is 273 g/mol. The number of methoxy groups -OCH3 is 1. The van der Waals surface area contributed by atoms with E-state index in [1.165, 1.54) is 0 Å². The first-order chi connectivity index (χ1) is 8.97. The fourth-order valence-corrected chi connectivity index (χ4v) is 1.48. The molecule has 0 bridgehead atoms. The lowest BCUT2D eigenvalue weighted by molar-refractivity contribution is -0.140. The summed E-state index contributed by atoms with van der Waals surface area (Å²) >= 11 is 0. The van der Waals surface area contributed by atoms with Crippen molar-refractivity contribution in [3.05, 3.63) is 45.6 Å². The summed E-state index contributed by atoms with van der Waals surface area (Å²) in [4.78, 5) is 13.6. The predicted octanol–water partition coefficient (Wildman–Crippen LogP) is 2.89. The van der Waals surface area contributed by atoms with Crippen LogP contribution in [0.25, 0.3) is 10.4 Å². The standard InChI is InChI=1S/C11H10F3N3O2/c1-19-11(18)4-7(16-17-15)2-6-3-9(13)10(14)5-8(6)12/h3,5,7H,2,4H2,1H3/t7-/m1/s1. The molecule has 0 amide bonds. The first kappa shape index (κ1) is 14.8. The van der Waals surface area contributed by atoms with E-state index in [-0.39, 0.29) is 18.4 Å². The Morgan fingerprint density at radius 2 is 2.00 bits per heavy atom. The van der Waals surface area contributed by atoms with Gasteiger partial charge in [0, 0.05) is 11.0 Å². The van der Waals surface area contributed by atoms with Crippen LogP contribution in [0.1, 0.15) is 12.0 Å². The van der Waals surface area contributed by atoms with E-state index in [4.69, 9.17) is 5.53 Å². The molecule has 0 heterocycles. The second kappa shape index (κ2) is 6.65. The Hall–Kier alpha value is -2.21. The third-order valence-electron chi connectivity index (χ3n) is 2.39. The van der Waals surface area contributed by atoms with E-state index < -0.39 is 29.5 Å². The Labute approximate surface area is 106 Å². The molecule has 5 nitrogen and oxygen atoms in total. The van der Waals surface area contributed by atoms with Crippen LogP contribution in [0.3, 0.4) is 0 Å². The molecular weight excluding hydrogens is 263 g/mol. The van der Waals surface area contributed by atoms with E-state index in [0.29, 0.717) is 12.1 Å². The maximum absolute atomic E-state index is 13.4. The Balaban J connectivity index is 2.93. The second-order valence-corrected chi connectivity index (χ2v) is 3.70. The summed E-state index contributed by atoms with van der Waals surface area (Å²) in [5, 5.41) is 3.30. The van der Waals surface area contributed by atoms with Gasteiger partial charge >= 0.3 is 5.97 Å². The number of esters is 1. The molecule has 1 atom stereocenters. The van der Waals surface area contributed by atoms with Crippen LogP contribution in [0, 0.1) is 17.5 Å². The van der Waals surface area contributed by atoms with E-state index >= 15 is 0 Å². The van der Waals surface area contributed by atoms with Crippen molar-refractivity contribution in [2.45, 2.75) is 18.9 Å². The Bertz CT molecular complexity index is 530. The number of rotatable bonds is 5. The van der Waals surface area contributed by atoms with E-state index in [9.17, 15) is 18.0 Å². The molecule has 0 spiro atoms. The van der Waals surface area contributed by atoms with Crippen LogP contribution in [0.4, 0.5) is 13.2 Å². The second-order valence-electron chi connectivity index (χ2n) is 3.70. The fourth-order valence-electron chi connectivity index (χ4n) is 1.48. The zero-order valence-corrected chi connectivity index (χ0v) is 9.94. The Morgan fingerprint density at radius 3 is 2.58 bits per heavy atom. The number of carbonyl (C=O) groups is 1. The smallest absolute Gasteiger partial charge is 0.305 e. The minimum atomic E-state index is -1.31. The summed E-state index contributed by atoms with van der Waals surface area (Å²) in [7, 11) is 1.15. The molecule has 102 valence electrons. The van der Waals surface area contributed by atoms with Crippen LogP contribution in [-0.4, -0.2) is 19.1 Å². The topological polar surface area (TPSA) is 75.1 Å². The summed E-state index contributed by atoms with van der Waals surface area (Å²) in [6, 6.07) is 0.134. The summed E-state index contributed by atoms with van der Waals surface area (Å²) in [6.07, 6.45) is -0.513. The SMILES string of the molecule is COC(=O)C[C@@H](Cc1cc(F)c(F)cc1F)N=[N+]=[N-]. The number of carbonyl (C=O) groups excluding carboxylic acids is 1. The molecule has 0 aliphatic rings. The average Bonchev–Trinajstić information content (AvgIpc) is 2.36. The number of azide groups is 1. The largest absolute Gasteiger partial charge is 0.469 e. The van der Waals surface area contributed by atoms with E-state index in [1.807, 2.05) is 0 Å². The van der Waals surface area contributed by atoms with Crippen LogP contribution in [-0.2, 0) is 16.0 Å². The number of benzene rings is 1. The molecule has 1 aromatic carbocycles. The van der Waals surface area contributed by atoms with Crippen LogP contribution in [0.2, 0.25) is 0 Å². The maximum atomic E-state index is 13.4. The van der Waals surface area contributed by atoms with E-state index in [2.05, 4.69) is 14.8 Å². The van der Waals surface area contributed by atoms with Gasteiger partial charge in [-0.25, -0.2) is 13.2 Å². The zero-order chi connectivity index (χ0) is 14.4. The van der Waals surface area contributed by atoms with Gasteiger partial charge in [-0.05, 0) is 23.6 Å². The molecule has 0 N–H and O–H groups in total. The van der Waals surface area contributed by atoms with Crippen molar-refractivity contribution >= 4 is 5.97 Å². The summed E-state index contributed by atoms with van der Waals surface area (Å²) in [6.45, 7) is 0. The molecule has 1 aromatic rings. The lowest BCUT2D eigenvalue weighted by Crippen LogP contribution is -2.16. The molecule has 0 radical (unpaired) electrons. The molecule has 0 fully saturated rings. The van der Waals surface area contributed by atoms with Crippen molar-refractivity contribution in [1.29, 1.82) is 0 Å². The Morgan fingerprint density at radius 1 is 1.37 bits per heavy atom. The highest BCUT2D eigenvalue weighted by Crippen LogP contribution is 2.17. The molecule has 0 saturated carbocycles. The lowest BCUT2D eigenvalue weighted by atomic mass is 10.0. The molecule has 1 rings (SSSR count). The quantitative estimate of drug-likeness (QED) is 0.272. The zero-order valence-electron chi connectivity index (χ0n) is 9.94. The highest BCUT2D eigenvalue weighted by atomic mass is 19.2. The van der Waals surface area contributed by atoms with Gasteiger partial charge in [-0.3, -0.25) is 4.79 Å². The van der Waals surface area contributed by atoms with Crippen LogP contribution < -0.4 is 0 Å². The number of halogens is 3. The fraction of sp³-hybridized carbons (Fsp3) is 0.364.